The van der Waals surface area contributed by atoms with Crippen molar-refractivity contribution in [1.29, 1.82) is 0 Å². The van der Waals surface area contributed by atoms with Crippen LogP contribution in [0.25, 0.3) is 0 Å². The molecule has 0 atom stereocenters. The van der Waals surface area contributed by atoms with Gasteiger partial charge in [0.15, 0.2) is 9.84 Å². The van der Waals surface area contributed by atoms with Crippen LogP contribution in [-0.2, 0) is 9.84 Å². The number of amides is 1. The highest BCUT2D eigenvalue weighted by atomic mass is 32.2. The summed E-state index contributed by atoms with van der Waals surface area (Å²) < 4.78 is 24.4. The zero-order valence-electron chi connectivity index (χ0n) is 13.1. The van der Waals surface area contributed by atoms with E-state index in [0.29, 0.717) is 11.3 Å². The van der Waals surface area contributed by atoms with Crippen LogP contribution in [0.5, 0.6) is 0 Å². The maximum Gasteiger partial charge on any atom is 0.251 e. The predicted octanol–water partition coefficient (Wildman–Crippen LogP) is 2.67. The van der Waals surface area contributed by atoms with Crippen LogP contribution in [0.3, 0.4) is 0 Å². The molecule has 6 heteroatoms. The van der Waals surface area contributed by atoms with Crippen molar-refractivity contribution < 1.29 is 13.2 Å². The minimum absolute atomic E-state index is 0.0660. The van der Waals surface area contributed by atoms with Crippen LogP contribution < -0.4 is 10.6 Å². The van der Waals surface area contributed by atoms with Crippen LogP contribution in [0, 0.1) is 0 Å². The molecule has 122 valence electrons. The Morgan fingerprint density at radius 3 is 2.17 bits per heavy atom. The number of anilines is 1. The standard InChI is InChI=1S/C17H20N2O3S/c1-13(2)19-17(20)14-8-10-15(11-9-14)18-12-23(21,22)16-6-4-3-5-7-16/h3-11,13,18H,12H2,1-2H3,(H,19,20). The monoisotopic (exact) mass is 332 g/mol. The van der Waals surface area contributed by atoms with Gasteiger partial charge >= 0.3 is 0 Å². The van der Waals surface area contributed by atoms with E-state index in [9.17, 15) is 13.2 Å². The second kappa shape index (κ2) is 7.28. The number of carbonyl (C=O) groups excluding carboxylic acids is 1. The minimum atomic E-state index is -3.39. The summed E-state index contributed by atoms with van der Waals surface area (Å²) in [5.41, 5.74) is 1.18. The van der Waals surface area contributed by atoms with E-state index < -0.39 is 9.84 Å². The summed E-state index contributed by atoms with van der Waals surface area (Å²) in [6.07, 6.45) is 0. The van der Waals surface area contributed by atoms with Crippen molar-refractivity contribution in [3.63, 3.8) is 0 Å². The van der Waals surface area contributed by atoms with Gasteiger partial charge in [-0.2, -0.15) is 0 Å². The lowest BCUT2D eigenvalue weighted by molar-refractivity contribution is 0.0943. The summed E-state index contributed by atoms with van der Waals surface area (Å²) in [7, 11) is -3.39. The van der Waals surface area contributed by atoms with E-state index in [1.165, 1.54) is 0 Å². The average Bonchev–Trinajstić information content (AvgIpc) is 2.54. The Bertz CT molecular complexity index is 754. The molecule has 0 spiro atoms. The lowest BCUT2D eigenvalue weighted by atomic mass is 10.2. The van der Waals surface area contributed by atoms with Crippen molar-refractivity contribution in [3.05, 3.63) is 60.2 Å². The topological polar surface area (TPSA) is 75.3 Å². The SMILES string of the molecule is CC(C)NC(=O)c1ccc(NCS(=O)(=O)c2ccccc2)cc1. The fraction of sp³-hybridized carbons (Fsp3) is 0.235. The largest absolute Gasteiger partial charge is 0.371 e. The quantitative estimate of drug-likeness (QED) is 0.853. The summed E-state index contributed by atoms with van der Waals surface area (Å²) >= 11 is 0. The highest BCUT2D eigenvalue weighted by Gasteiger charge is 2.13. The number of carbonyl (C=O) groups is 1. The Hall–Kier alpha value is -2.34. The molecule has 0 fully saturated rings. The van der Waals surface area contributed by atoms with E-state index in [1.807, 2.05) is 13.8 Å². The molecule has 0 unspecified atom stereocenters. The predicted molar refractivity (Wildman–Crippen MR) is 91.2 cm³/mol. The van der Waals surface area contributed by atoms with Gasteiger partial charge in [-0.05, 0) is 50.2 Å². The Kier molecular flexibility index (Phi) is 5.39. The third-order valence-corrected chi connectivity index (χ3v) is 4.65. The molecule has 2 aromatic carbocycles. The van der Waals surface area contributed by atoms with Crippen LogP contribution in [0.1, 0.15) is 24.2 Å². The smallest absolute Gasteiger partial charge is 0.251 e. The summed E-state index contributed by atoms with van der Waals surface area (Å²) in [5.74, 6) is -0.349. The van der Waals surface area contributed by atoms with E-state index in [4.69, 9.17) is 0 Å². The molecule has 0 aromatic heterocycles. The van der Waals surface area contributed by atoms with Crippen molar-refractivity contribution in [2.45, 2.75) is 24.8 Å². The van der Waals surface area contributed by atoms with Gasteiger partial charge in [-0.25, -0.2) is 8.42 Å². The van der Waals surface area contributed by atoms with Crippen LogP contribution in [-0.4, -0.2) is 26.2 Å². The van der Waals surface area contributed by atoms with Gasteiger partial charge < -0.3 is 10.6 Å². The van der Waals surface area contributed by atoms with Crippen LogP contribution in [0.2, 0.25) is 0 Å². The zero-order valence-corrected chi connectivity index (χ0v) is 13.9. The minimum Gasteiger partial charge on any atom is -0.371 e. The fourth-order valence-corrected chi connectivity index (χ4v) is 3.07. The molecule has 2 rings (SSSR count). The molecular weight excluding hydrogens is 312 g/mol. The first-order valence-corrected chi connectivity index (χ1v) is 8.96. The summed E-state index contributed by atoms with van der Waals surface area (Å²) in [6.45, 7) is 3.78. The van der Waals surface area contributed by atoms with E-state index in [1.54, 1.807) is 54.6 Å². The Balaban J connectivity index is 2.00. The molecule has 0 aliphatic heterocycles. The molecule has 0 bridgehead atoms. The van der Waals surface area contributed by atoms with E-state index in [2.05, 4.69) is 10.6 Å². The van der Waals surface area contributed by atoms with Gasteiger partial charge in [0.05, 0.1) is 4.90 Å². The van der Waals surface area contributed by atoms with Crippen LogP contribution in [0.15, 0.2) is 59.5 Å². The van der Waals surface area contributed by atoms with Gasteiger partial charge in [0, 0.05) is 17.3 Å². The summed E-state index contributed by atoms with van der Waals surface area (Å²) in [6, 6.07) is 15.1. The third kappa shape index (κ3) is 4.82. The first kappa shape index (κ1) is 17.0. The summed E-state index contributed by atoms with van der Waals surface area (Å²) in [4.78, 5) is 12.1. The van der Waals surface area contributed by atoms with Crippen molar-refractivity contribution in [2.24, 2.45) is 0 Å². The third-order valence-electron chi connectivity index (χ3n) is 3.14. The second-order valence-electron chi connectivity index (χ2n) is 5.45. The number of nitrogens with one attached hydrogen (secondary N) is 2. The number of sulfone groups is 1. The molecule has 0 aliphatic rings. The van der Waals surface area contributed by atoms with Crippen molar-refractivity contribution in [2.75, 3.05) is 11.2 Å². The lowest BCUT2D eigenvalue weighted by Gasteiger charge is -2.10. The lowest BCUT2D eigenvalue weighted by Crippen LogP contribution is -2.29. The molecular formula is C17H20N2O3S. The van der Waals surface area contributed by atoms with Crippen molar-refractivity contribution in [3.8, 4) is 0 Å². The van der Waals surface area contributed by atoms with E-state index >= 15 is 0 Å². The molecule has 0 saturated heterocycles. The van der Waals surface area contributed by atoms with Gasteiger partial charge in [0.2, 0.25) is 0 Å². The first-order valence-electron chi connectivity index (χ1n) is 7.31. The first-order chi connectivity index (χ1) is 10.9. The average molecular weight is 332 g/mol. The van der Waals surface area contributed by atoms with E-state index in [0.717, 1.165) is 0 Å². The zero-order chi connectivity index (χ0) is 16.9. The van der Waals surface area contributed by atoms with Crippen molar-refractivity contribution >= 4 is 21.4 Å². The van der Waals surface area contributed by atoms with Gasteiger partial charge in [-0.1, -0.05) is 18.2 Å². The van der Waals surface area contributed by atoms with Crippen LogP contribution in [0.4, 0.5) is 5.69 Å². The van der Waals surface area contributed by atoms with E-state index in [-0.39, 0.29) is 22.7 Å². The number of hydrogen-bond donors (Lipinski definition) is 2. The maximum atomic E-state index is 12.2. The molecule has 0 heterocycles. The molecule has 2 N–H and O–H groups in total. The Morgan fingerprint density at radius 2 is 1.61 bits per heavy atom. The maximum absolute atomic E-state index is 12.2. The molecule has 0 aliphatic carbocycles. The molecule has 23 heavy (non-hydrogen) atoms. The number of rotatable bonds is 6. The van der Waals surface area contributed by atoms with Gasteiger partial charge in [-0.15, -0.1) is 0 Å². The number of benzene rings is 2. The van der Waals surface area contributed by atoms with Gasteiger partial charge in [-0.3, -0.25) is 4.79 Å². The Labute approximate surface area is 136 Å². The highest BCUT2D eigenvalue weighted by Crippen LogP contribution is 2.14. The normalized spacial score (nSPS) is 11.3. The van der Waals surface area contributed by atoms with Crippen molar-refractivity contribution in [1.82, 2.24) is 5.32 Å². The van der Waals surface area contributed by atoms with Gasteiger partial charge in [0.25, 0.3) is 5.91 Å². The van der Waals surface area contributed by atoms with Crippen LogP contribution >= 0.6 is 0 Å². The second-order valence-corrected chi connectivity index (χ2v) is 7.44. The number of hydrogen-bond acceptors (Lipinski definition) is 4. The Morgan fingerprint density at radius 1 is 1.00 bits per heavy atom. The summed E-state index contributed by atoms with van der Waals surface area (Å²) in [5, 5.41) is 5.67. The molecule has 5 nitrogen and oxygen atoms in total. The molecule has 0 radical (unpaired) electrons. The van der Waals surface area contributed by atoms with Gasteiger partial charge in [0.1, 0.15) is 5.88 Å². The fourth-order valence-electron chi connectivity index (χ4n) is 1.97. The highest BCUT2D eigenvalue weighted by molar-refractivity contribution is 7.91. The molecule has 1 amide bonds. The molecule has 0 saturated carbocycles. The molecule has 2 aromatic rings.